The van der Waals surface area contributed by atoms with E-state index in [1.54, 1.807) is 24.3 Å². The van der Waals surface area contributed by atoms with Crippen molar-refractivity contribution >= 4 is 17.5 Å². The summed E-state index contributed by atoms with van der Waals surface area (Å²) in [4.78, 5) is 25.4. The van der Waals surface area contributed by atoms with E-state index in [-0.39, 0.29) is 18.4 Å². The van der Waals surface area contributed by atoms with Gasteiger partial charge in [-0.25, -0.2) is 0 Å². The fourth-order valence-electron chi connectivity index (χ4n) is 2.14. The minimum Gasteiger partial charge on any atom is -0.329 e. The van der Waals surface area contributed by atoms with E-state index in [1.165, 1.54) is 11.8 Å². The number of nitriles is 1. The highest BCUT2D eigenvalue weighted by molar-refractivity contribution is 5.95. The minimum atomic E-state index is -0.334. The molecule has 2 aromatic carbocycles. The van der Waals surface area contributed by atoms with Crippen LogP contribution in [0.25, 0.3) is 0 Å². The summed E-state index contributed by atoms with van der Waals surface area (Å²) in [5, 5.41) is 11.7. The SMILES string of the molecule is CC(=O)N(CC(=O)Nc1ccccc1C#N)Cc1ccccc1. The molecule has 116 valence electrons. The third kappa shape index (κ3) is 4.68. The molecule has 0 aliphatic rings. The number of benzene rings is 2. The Balaban J connectivity index is 2.04. The number of rotatable bonds is 5. The lowest BCUT2D eigenvalue weighted by molar-refractivity contribution is -0.133. The lowest BCUT2D eigenvalue weighted by atomic mass is 10.2. The van der Waals surface area contributed by atoms with Crippen molar-refractivity contribution in [2.75, 3.05) is 11.9 Å². The van der Waals surface area contributed by atoms with Crippen molar-refractivity contribution in [2.24, 2.45) is 0 Å². The Hall–Kier alpha value is -3.13. The first-order valence-corrected chi connectivity index (χ1v) is 7.18. The van der Waals surface area contributed by atoms with E-state index in [0.717, 1.165) is 5.56 Å². The van der Waals surface area contributed by atoms with Crippen molar-refractivity contribution in [3.05, 3.63) is 65.7 Å². The van der Waals surface area contributed by atoms with E-state index >= 15 is 0 Å². The monoisotopic (exact) mass is 307 g/mol. The molecule has 0 saturated heterocycles. The van der Waals surface area contributed by atoms with E-state index in [1.807, 2.05) is 36.4 Å². The molecule has 0 unspecified atom stereocenters. The Morgan fingerprint density at radius 1 is 1.09 bits per heavy atom. The number of anilines is 1. The molecule has 0 spiro atoms. The van der Waals surface area contributed by atoms with E-state index < -0.39 is 0 Å². The first-order chi connectivity index (χ1) is 11.1. The molecule has 0 fully saturated rings. The Morgan fingerprint density at radius 3 is 2.39 bits per heavy atom. The second-order valence-electron chi connectivity index (χ2n) is 5.07. The molecule has 0 aromatic heterocycles. The third-order valence-electron chi connectivity index (χ3n) is 3.32. The molecule has 0 heterocycles. The fourth-order valence-corrected chi connectivity index (χ4v) is 2.14. The van der Waals surface area contributed by atoms with Crippen LogP contribution in [0.15, 0.2) is 54.6 Å². The number of nitrogens with one attached hydrogen (secondary N) is 1. The van der Waals surface area contributed by atoms with Gasteiger partial charge in [-0.05, 0) is 17.7 Å². The van der Waals surface area contributed by atoms with Gasteiger partial charge in [-0.1, -0.05) is 42.5 Å². The molecule has 0 saturated carbocycles. The molecule has 5 heteroatoms. The maximum absolute atomic E-state index is 12.2. The van der Waals surface area contributed by atoms with Crippen LogP contribution in [0, 0.1) is 11.3 Å². The zero-order chi connectivity index (χ0) is 16.7. The molecule has 0 aliphatic carbocycles. The van der Waals surface area contributed by atoms with Gasteiger partial charge in [0.2, 0.25) is 11.8 Å². The standard InChI is InChI=1S/C18H17N3O2/c1-14(22)21(12-15-7-3-2-4-8-15)13-18(23)20-17-10-6-5-9-16(17)11-19/h2-10H,12-13H2,1H3,(H,20,23). The highest BCUT2D eigenvalue weighted by atomic mass is 16.2. The number of hydrogen-bond donors (Lipinski definition) is 1. The molecule has 23 heavy (non-hydrogen) atoms. The molecule has 0 aliphatic heterocycles. The molecule has 0 atom stereocenters. The predicted octanol–water partition coefficient (Wildman–Crippen LogP) is 2.55. The van der Waals surface area contributed by atoms with Gasteiger partial charge in [0.25, 0.3) is 0 Å². The fraction of sp³-hybridized carbons (Fsp3) is 0.167. The van der Waals surface area contributed by atoms with Crippen LogP contribution in [0.2, 0.25) is 0 Å². The topological polar surface area (TPSA) is 73.2 Å². The summed E-state index contributed by atoms with van der Waals surface area (Å²) in [6.45, 7) is 1.73. The first-order valence-electron chi connectivity index (χ1n) is 7.18. The van der Waals surface area contributed by atoms with Gasteiger partial charge in [0.1, 0.15) is 12.6 Å². The van der Waals surface area contributed by atoms with E-state index in [2.05, 4.69) is 5.32 Å². The zero-order valence-electron chi connectivity index (χ0n) is 12.8. The van der Waals surface area contributed by atoms with Crippen LogP contribution in [0.4, 0.5) is 5.69 Å². The number of amides is 2. The van der Waals surface area contributed by atoms with Crippen LogP contribution < -0.4 is 5.32 Å². The number of carbonyl (C=O) groups excluding carboxylic acids is 2. The van der Waals surface area contributed by atoms with Crippen molar-refractivity contribution in [3.63, 3.8) is 0 Å². The summed E-state index contributed by atoms with van der Waals surface area (Å²) in [7, 11) is 0. The Kier molecular flexibility index (Phi) is 5.48. The third-order valence-corrected chi connectivity index (χ3v) is 3.32. The van der Waals surface area contributed by atoms with Crippen molar-refractivity contribution in [1.82, 2.24) is 4.90 Å². The zero-order valence-corrected chi connectivity index (χ0v) is 12.8. The van der Waals surface area contributed by atoms with Gasteiger partial charge in [-0.15, -0.1) is 0 Å². The molecule has 2 aromatic rings. The van der Waals surface area contributed by atoms with Gasteiger partial charge in [0.15, 0.2) is 0 Å². The predicted molar refractivity (Wildman–Crippen MR) is 87.3 cm³/mol. The highest BCUT2D eigenvalue weighted by Gasteiger charge is 2.15. The summed E-state index contributed by atoms with van der Waals surface area (Å²) in [6, 6.07) is 18.2. The maximum Gasteiger partial charge on any atom is 0.244 e. The van der Waals surface area contributed by atoms with Crippen molar-refractivity contribution < 1.29 is 9.59 Å². The highest BCUT2D eigenvalue weighted by Crippen LogP contribution is 2.13. The Morgan fingerprint density at radius 2 is 1.74 bits per heavy atom. The normalized spacial score (nSPS) is 9.74. The lowest BCUT2D eigenvalue weighted by Gasteiger charge is -2.20. The minimum absolute atomic E-state index is 0.0655. The molecule has 1 N–H and O–H groups in total. The number of hydrogen-bond acceptors (Lipinski definition) is 3. The lowest BCUT2D eigenvalue weighted by Crippen LogP contribution is -2.36. The van der Waals surface area contributed by atoms with Gasteiger partial charge >= 0.3 is 0 Å². The Labute approximate surface area is 135 Å². The van der Waals surface area contributed by atoms with E-state index in [4.69, 9.17) is 5.26 Å². The molecule has 5 nitrogen and oxygen atoms in total. The average molecular weight is 307 g/mol. The molecule has 2 rings (SSSR count). The van der Waals surface area contributed by atoms with Crippen LogP contribution in [0.3, 0.4) is 0 Å². The molecule has 2 amide bonds. The van der Waals surface area contributed by atoms with Gasteiger partial charge < -0.3 is 10.2 Å². The van der Waals surface area contributed by atoms with Crippen molar-refractivity contribution in [3.8, 4) is 6.07 Å². The van der Waals surface area contributed by atoms with Gasteiger partial charge in [-0.3, -0.25) is 9.59 Å². The molecular formula is C18H17N3O2. The molecule has 0 radical (unpaired) electrons. The summed E-state index contributed by atoms with van der Waals surface area (Å²) < 4.78 is 0. The number of carbonyl (C=O) groups is 2. The number of para-hydroxylation sites is 1. The van der Waals surface area contributed by atoms with Crippen LogP contribution in [0.1, 0.15) is 18.1 Å². The van der Waals surface area contributed by atoms with Crippen LogP contribution in [0.5, 0.6) is 0 Å². The quantitative estimate of drug-likeness (QED) is 0.922. The maximum atomic E-state index is 12.2. The largest absolute Gasteiger partial charge is 0.329 e. The smallest absolute Gasteiger partial charge is 0.244 e. The second-order valence-corrected chi connectivity index (χ2v) is 5.07. The number of nitrogens with zero attached hydrogens (tertiary/aromatic N) is 2. The second kappa shape index (κ2) is 7.76. The van der Waals surface area contributed by atoms with E-state index in [9.17, 15) is 9.59 Å². The average Bonchev–Trinajstić information content (AvgIpc) is 2.55. The summed E-state index contributed by atoms with van der Waals surface area (Å²) in [6.07, 6.45) is 0. The molecular weight excluding hydrogens is 290 g/mol. The van der Waals surface area contributed by atoms with Crippen molar-refractivity contribution in [2.45, 2.75) is 13.5 Å². The van der Waals surface area contributed by atoms with Gasteiger partial charge in [-0.2, -0.15) is 5.26 Å². The summed E-state index contributed by atoms with van der Waals surface area (Å²) in [5.41, 5.74) is 1.79. The summed E-state index contributed by atoms with van der Waals surface area (Å²) in [5.74, 6) is -0.517. The van der Waals surface area contributed by atoms with Crippen LogP contribution in [-0.2, 0) is 16.1 Å². The summed E-state index contributed by atoms with van der Waals surface area (Å²) >= 11 is 0. The van der Waals surface area contributed by atoms with E-state index in [0.29, 0.717) is 17.8 Å². The first kappa shape index (κ1) is 16.2. The van der Waals surface area contributed by atoms with Crippen molar-refractivity contribution in [1.29, 1.82) is 5.26 Å². The Bertz CT molecular complexity index is 735. The molecule has 0 bridgehead atoms. The van der Waals surface area contributed by atoms with Gasteiger partial charge in [0.05, 0.1) is 11.3 Å². The van der Waals surface area contributed by atoms with Gasteiger partial charge in [0, 0.05) is 13.5 Å². The van der Waals surface area contributed by atoms with Crippen LogP contribution in [-0.4, -0.2) is 23.3 Å². The van der Waals surface area contributed by atoms with Crippen LogP contribution >= 0.6 is 0 Å².